The Bertz CT molecular complexity index is 388. The third-order valence-electron chi connectivity index (χ3n) is 3.81. The van der Waals surface area contributed by atoms with Crippen molar-refractivity contribution >= 4 is 16.6 Å². The lowest BCUT2D eigenvalue weighted by Gasteiger charge is -2.26. The monoisotopic (exact) mass is 280 g/mol. The molecule has 2 saturated heterocycles. The van der Waals surface area contributed by atoms with E-state index >= 15 is 0 Å². The maximum Gasteiger partial charge on any atom is 0.301 e. The molecule has 0 radical (unpaired) electrons. The summed E-state index contributed by atoms with van der Waals surface area (Å²) in [6.07, 6.45) is -0.122. The van der Waals surface area contributed by atoms with Gasteiger partial charge in [0.2, 0.25) is 0 Å². The Morgan fingerprint density at radius 3 is 2.11 bits per heavy atom. The van der Waals surface area contributed by atoms with E-state index in [-0.39, 0.29) is 28.6 Å². The molecule has 0 N–H and O–H groups in total. The van der Waals surface area contributed by atoms with Gasteiger partial charge in [-0.3, -0.25) is 9.00 Å². The number of ketones is 1. The Morgan fingerprint density at radius 1 is 1.06 bits per heavy atom. The summed E-state index contributed by atoms with van der Waals surface area (Å²) < 4.78 is 48.1. The summed E-state index contributed by atoms with van der Waals surface area (Å²) in [5.74, 6) is -1.87. The largest absolute Gasteiger partial charge is 0.301 e. The number of carbonyl (C=O) groups excluding carboxylic acids is 1. The summed E-state index contributed by atoms with van der Waals surface area (Å²) in [6, 6.07) is 0. The SMILES string of the molecule is O=C(CCC(F)=C(F)F)C1CC2CCC(C1)S2=O. The number of hydrogen-bond acceptors (Lipinski definition) is 2. The molecule has 18 heavy (non-hydrogen) atoms. The van der Waals surface area contributed by atoms with Gasteiger partial charge in [-0.15, -0.1) is 0 Å². The number of fused-ring (bicyclic) bond motifs is 2. The molecular weight excluding hydrogens is 265 g/mol. The van der Waals surface area contributed by atoms with E-state index in [1.807, 2.05) is 0 Å². The van der Waals surface area contributed by atoms with Crippen molar-refractivity contribution < 1.29 is 22.2 Å². The Labute approximate surface area is 106 Å². The van der Waals surface area contributed by atoms with Gasteiger partial charge in [0.15, 0.2) is 5.83 Å². The fourth-order valence-electron chi connectivity index (χ4n) is 2.83. The van der Waals surface area contributed by atoms with E-state index < -0.39 is 29.1 Å². The zero-order chi connectivity index (χ0) is 13.3. The molecule has 0 spiro atoms. The molecule has 2 heterocycles. The van der Waals surface area contributed by atoms with Gasteiger partial charge in [-0.1, -0.05) is 0 Å². The van der Waals surface area contributed by atoms with Gasteiger partial charge in [0.05, 0.1) is 0 Å². The van der Waals surface area contributed by atoms with Gasteiger partial charge in [-0.2, -0.15) is 8.78 Å². The van der Waals surface area contributed by atoms with Gasteiger partial charge in [-0.25, -0.2) is 4.39 Å². The molecule has 2 aliphatic heterocycles. The fraction of sp³-hybridized carbons (Fsp3) is 0.750. The maximum atomic E-state index is 12.6. The molecule has 0 aromatic heterocycles. The van der Waals surface area contributed by atoms with E-state index in [1.54, 1.807) is 0 Å². The van der Waals surface area contributed by atoms with Crippen molar-refractivity contribution in [2.24, 2.45) is 5.92 Å². The fourth-order valence-corrected chi connectivity index (χ4v) is 4.95. The molecule has 2 nitrogen and oxygen atoms in total. The summed E-state index contributed by atoms with van der Waals surface area (Å²) in [7, 11) is -0.831. The molecule has 2 unspecified atom stereocenters. The highest BCUT2D eigenvalue weighted by Crippen LogP contribution is 2.39. The average molecular weight is 280 g/mol. The zero-order valence-electron chi connectivity index (χ0n) is 9.83. The van der Waals surface area contributed by atoms with E-state index in [2.05, 4.69) is 0 Å². The number of hydrogen-bond donors (Lipinski definition) is 0. The molecule has 0 amide bonds. The van der Waals surface area contributed by atoms with Gasteiger partial charge in [0.25, 0.3) is 0 Å². The first-order valence-electron chi connectivity index (χ1n) is 6.10. The highest BCUT2D eigenvalue weighted by atomic mass is 32.2. The minimum atomic E-state index is -2.34. The number of Topliss-reactive ketones (excluding diaryl/α,β-unsaturated/α-hetero) is 1. The number of rotatable bonds is 4. The normalized spacial score (nSPS) is 34.4. The number of allylic oxidation sites excluding steroid dienone is 1. The Hall–Kier alpha value is -0.650. The van der Waals surface area contributed by atoms with Crippen molar-refractivity contribution in [3.63, 3.8) is 0 Å². The number of halogens is 3. The molecule has 2 rings (SSSR count). The molecule has 0 aliphatic carbocycles. The first-order valence-corrected chi connectivity index (χ1v) is 7.38. The topological polar surface area (TPSA) is 34.1 Å². The summed E-state index contributed by atoms with van der Waals surface area (Å²) in [6.45, 7) is 0. The van der Waals surface area contributed by atoms with Crippen LogP contribution in [-0.4, -0.2) is 20.5 Å². The highest BCUT2D eigenvalue weighted by Gasteiger charge is 2.42. The van der Waals surface area contributed by atoms with Crippen molar-refractivity contribution in [1.82, 2.24) is 0 Å². The van der Waals surface area contributed by atoms with Gasteiger partial charge in [-0.05, 0) is 25.7 Å². The van der Waals surface area contributed by atoms with Crippen molar-refractivity contribution in [2.45, 2.75) is 49.0 Å². The predicted octanol–water partition coefficient (Wildman–Crippen LogP) is 3.10. The van der Waals surface area contributed by atoms with Crippen LogP contribution in [0.15, 0.2) is 11.9 Å². The Kier molecular flexibility index (Phi) is 4.25. The summed E-state index contributed by atoms with van der Waals surface area (Å²) in [5, 5.41) is 0.159. The lowest BCUT2D eigenvalue weighted by Crippen LogP contribution is -2.32. The van der Waals surface area contributed by atoms with Crippen LogP contribution >= 0.6 is 0 Å². The zero-order valence-corrected chi connectivity index (χ0v) is 10.6. The second-order valence-electron chi connectivity index (χ2n) is 4.95. The molecule has 2 aliphatic rings. The minimum Gasteiger partial charge on any atom is -0.299 e. The average Bonchev–Trinajstić information content (AvgIpc) is 2.56. The van der Waals surface area contributed by atoms with Crippen LogP contribution in [0.1, 0.15) is 38.5 Å². The molecule has 0 aromatic carbocycles. The van der Waals surface area contributed by atoms with Crippen LogP contribution in [0.4, 0.5) is 13.2 Å². The third-order valence-corrected chi connectivity index (χ3v) is 5.98. The lowest BCUT2D eigenvalue weighted by atomic mass is 9.92. The third kappa shape index (κ3) is 2.84. The van der Waals surface area contributed by atoms with Crippen LogP contribution in [0.2, 0.25) is 0 Å². The van der Waals surface area contributed by atoms with Crippen LogP contribution in [0.3, 0.4) is 0 Å². The van der Waals surface area contributed by atoms with Crippen LogP contribution in [0, 0.1) is 5.92 Å². The van der Waals surface area contributed by atoms with E-state index in [9.17, 15) is 22.2 Å². The van der Waals surface area contributed by atoms with Crippen molar-refractivity contribution in [3.05, 3.63) is 11.9 Å². The van der Waals surface area contributed by atoms with Crippen molar-refractivity contribution in [1.29, 1.82) is 0 Å². The summed E-state index contributed by atoms with van der Waals surface area (Å²) in [4.78, 5) is 11.8. The lowest BCUT2D eigenvalue weighted by molar-refractivity contribution is -0.123. The first kappa shape index (κ1) is 13.8. The smallest absolute Gasteiger partial charge is 0.299 e. The summed E-state index contributed by atoms with van der Waals surface area (Å²) >= 11 is 0. The van der Waals surface area contributed by atoms with Gasteiger partial charge >= 0.3 is 6.08 Å². The van der Waals surface area contributed by atoms with Crippen molar-refractivity contribution in [2.75, 3.05) is 0 Å². The second kappa shape index (κ2) is 5.55. The molecule has 2 atom stereocenters. The van der Waals surface area contributed by atoms with Crippen LogP contribution in [0.5, 0.6) is 0 Å². The van der Waals surface area contributed by atoms with E-state index in [4.69, 9.17) is 0 Å². The summed E-state index contributed by atoms with van der Waals surface area (Å²) in [5.41, 5.74) is 0. The Balaban J connectivity index is 1.88. The minimum absolute atomic E-state index is 0.0796. The maximum absolute atomic E-state index is 12.6. The van der Waals surface area contributed by atoms with E-state index in [0.29, 0.717) is 12.8 Å². The van der Waals surface area contributed by atoms with Gasteiger partial charge in [0.1, 0.15) is 5.78 Å². The molecule has 0 aromatic rings. The molecule has 2 bridgehead atoms. The molecule has 2 fully saturated rings. The van der Waals surface area contributed by atoms with Crippen LogP contribution in [0.25, 0.3) is 0 Å². The predicted molar refractivity (Wildman–Crippen MR) is 62.3 cm³/mol. The quantitative estimate of drug-likeness (QED) is 0.793. The Morgan fingerprint density at radius 2 is 1.61 bits per heavy atom. The molecule has 6 heteroatoms. The second-order valence-corrected chi connectivity index (χ2v) is 6.94. The van der Waals surface area contributed by atoms with Gasteiger partial charge < -0.3 is 0 Å². The van der Waals surface area contributed by atoms with E-state index in [0.717, 1.165) is 12.8 Å². The first-order chi connectivity index (χ1) is 8.49. The van der Waals surface area contributed by atoms with Crippen LogP contribution < -0.4 is 0 Å². The highest BCUT2D eigenvalue weighted by molar-refractivity contribution is 7.86. The van der Waals surface area contributed by atoms with Crippen LogP contribution in [-0.2, 0) is 15.6 Å². The molecule has 0 saturated carbocycles. The van der Waals surface area contributed by atoms with E-state index in [1.165, 1.54) is 0 Å². The van der Waals surface area contributed by atoms with Crippen molar-refractivity contribution in [3.8, 4) is 0 Å². The molecule has 102 valence electrons. The number of carbonyl (C=O) groups is 1. The standard InChI is InChI=1S/C12H15F3O2S/c13-10(12(14)15)3-4-11(16)7-5-8-1-2-9(6-7)18(8)17/h7-9H,1-6H2. The van der Waals surface area contributed by atoms with Gasteiger partial charge in [0, 0.05) is 40.1 Å². The molecular formula is C12H15F3O2S.